The van der Waals surface area contributed by atoms with Gasteiger partial charge in [-0.2, -0.15) is 5.10 Å². The summed E-state index contributed by atoms with van der Waals surface area (Å²) in [7, 11) is 1.76. The standard InChI is InChI=1S/C19H18N4O2/c1-23-12-11-17(22-23)21-18(24)13-20-19(25)16-9-7-15(8-10-16)14-5-3-2-4-6-14/h2-12H,13H2,1H3,(H,20,25)(H,21,22,24). The number of aromatic nitrogens is 2. The van der Waals surface area contributed by atoms with Gasteiger partial charge in [-0.25, -0.2) is 0 Å². The van der Waals surface area contributed by atoms with Gasteiger partial charge in [0.05, 0.1) is 6.54 Å². The Hall–Kier alpha value is -3.41. The second-order valence-electron chi connectivity index (χ2n) is 5.55. The summed E-state index contributed by atoms with van der Waals surface area (Å²) in [5, 5.41) is 9.26. The van der Waals surface area contributed by atoms with Crippen LogP contribution in [0.25, 0.3) is 11.1 Å². The second-order valence-corrected chi connectivity index (χ2v) is 5.55. The molecule has 1 heterocycles. The number of nitrogens with zero attached hydrogens (tertiary/aromatic N) is 2. The van der Waals surface area contributed by atoms with Gasteiger partial charge in [-0.05, 0) is 23.3 Å². The summed E-state index contributed by atoms with van der Waals surface area (Å²) in [5.41, 5.74) is 2.62. The molecule has 0 bridgehead atoms. The molecule has 0 unspecified atom stereocenters. The highest BCUT2D eigenvalue weighted by Gasteiger charge is 2.09. The van der Waals surface area contributed by atoms with Gasteiger partial charge in [-0.15, -0.1) is 0 Å². The van der Waals surface area contributed by atoms with E-state index in [1.807, 2.05) is 42.5 Å². The molecule has 0 saturated carbocycles. The predicted octanol–water partition coefficient (Wildman–Crippen LogP) is 2.46. The molecule has 0 atom stereocenters. The molecule has 2 N–H and O–H groups in total. The molecule has 25 heavy (non-hydrogen) atoms. The molecule has 3 rings (SSSR count). The Labute approximate surface area is 145 Å². The molecule has 2 aromatic carbocycles. The fourth-order valence-electron chi connectivity index (χ4n) is 2.38. The van der Waals surface area contributed by atoms with Crippen molar-refractivity contribution < 1.29 is 9.59 Å². The summed E-state index contributed by atoms with van der Waals surface area (Å²) in [6, 6.07) is 18.9. The number of nitrogens with one attached hydrogen (secondary N) is 2. The SMILES string of the molecule is Cn1ccc(NC(=O)CNC(=O)c2ccc(-c3ccccc3)cc2)n1. The topological polar surface area (TPSA) is 76.0 Å². The van der Waals surface area contributed by atoms with Crippen molar-refractivity contribution in [2.75, 3.05) is 11.9 Å². The van der Waals surface area contributed by atoms with Crippen molar-refractivity contribution in [1.82, 2.24) is 15.1 Å². The third kappa shape index (κ3) is 4.32. The van der Waals surface area contributed by atoms with Crippen LogP contribution < -0.4 is 10.6 Å². The number of anilines is 1. The number of benzene rings is 2. The number of aryl methyl sites for hydroxylation is 1. The zero-order valence-corrected chi connectivity index (χ0v) is 13.8. The van der Waals surface area contributed by atoms with E-state index in [0.29, 0.717) is 11.4 Å². The van der Waals surface area contributed by atoms with Crippen LogP contribution in [0.4, 0.5) is 5.82 Å². The summed E-state index contributed by atoms with van der Waals surface area (Å²) < 4.78 is 1.59. The van der Waals surface area contributed by atoms with E-state index >= 15 is 0 Å². The van der Waals surface area contributed by atoms with E-state index in [9.17, 15) is 9.59 Å². The minimum atomic E-state index is -0.326. The molecule has 126 valence electrons. The molecule has 6 heteroatoms. The maximum Gasteiger partial charge on any atom is 0.251 e. The monoisotopic (exact) mass is 334 g/mol. The lowest BCUT2D eigenvalue weighted by Crippen LogP contribution is -2.32. The van der Waals surface area contributed by atoms with E-state index < -0.39 is 0 Å². The Balaban J connectivity index is 1.55. The first-order valence-electron chi connectivity index (χ1n) is 7.85. The molecule has 1 aromatic heterocycles. The van der Waals surface area contributed by atoms with E-state index in [1.54, 1.807) is 36.1 Å². The van der Waals surface area contributed by atoms with Crippen LogP contribution in [-0.4, -0.2) is 28.1 Å². The molecule has 2 amide bonds. The minimum absolute atomic E-state index is 0.115. The van der Waals surface area contributed by atoms with Gasteiger partial charge in [0.25, 0.3) is 5.91 Å². The van der Waals surface area contributed by atoms with Crippen molar-refractivity contribution in [3.8, 4) is 11.1 Å². The first-order chi connectivity index (χ1) is 12.1. The molecule has 0 aliphatic rings. The van der Waals surface area contributed by atoms with Crippen LogP contribution in [0, 0.1) is 0 Å². The van der Waals surface area contributed by atoms with Crippen molar-refractivity contribution in [1.29, 1.82) is 0 Å². The molecule has 0 saturated heterocycles. The maximum absolute atomic E-state index is 12.1. The minimum Gasteiger partial charge on any atom is -0.343 e. The fourth-order valence-corrected chi connectivity index (χ4v) is 2.38. The molecular formula is C19H18N4O2. The molecular weight excluding hydrogens is 316 g/mol. The van der Waals surface area contributed by atoms with Crippen molar-refractivity contribution in [3.05, 3.63) is 72.4 Å². The number of rotatable bonds is 5. The van der Waals surface area contributed by atoms with Crippen LogP contribution >= 0.6 is 0 Å². The Kier molecular flexibility index (Phi) is 4.89. The summed E-state index contributed by atoms with van der Waals surface area (Å²) in [6.45, 7) is -0.115. The van der Waals surface area contributed by atoms with Crippen LogP contribution in [-0.2, 0) is 11.8 Å². The highest BCUT2D eigenvalue weighted by atomic mass is 16.2. The lowest BCUT2D eigenvalue weighted by atomic mass is 10.0. The van der Waals surface area contributed by atoms with Gasteiger partial charge in [0.1, 0.15) is 0 Å². The molecule has 6 nitrogen and oxygen atoms in total. The largest absolute Gasteiger partial charge is 0.343 e. The van der Waals surface area contributed by atoms with Gasteiger partial charge in [0, 0.05) is 24.9 Å². The fraction of sp³-hybridized carbons (Fsp3) is 0.105. The summed E-state index contributed by atoms with van der Waals surface area (Å²) in [5.74, 6) is -0.169. The van der Waals surface area contributed by atoms with Crippen molar-refractivity contribution in [2.45, 2.75) is 0 Å². The number of carbonyl (C=O) groups is 2. The molecule has 0 aliphatic carbocycles. The molecule has 3 aromatic rings. The van der Waals surface area contributed by atoms with Crippen molar-refractivity contribution >= 4 is 17.6 Å². The number of carbonyl (C=O) groups excluding carboxylic acids is 2. The third-order valence-electron chi connectivity index (χ3n) is 3.64. The highest BCUT2D eigenvalue weighted by Crippen LogP contribution is 2.19. The second kappa shape index (κ2) is 7.44. The van der Waals surface area contributed by atoms with Gasteiger partial charge < -0.3 is 10.6 Å². The number of hydrogen-bond donors (Lipinski definition) is 2. The van der Waals surface area contributed by atoms with Gasteiger partial charge >= 0.3 is 0 Å². The zero-order valence-electron chi connectivity index (χ0n) is 13.8. The average molecular weight is 334 g/mol. The van der Waals surface area contributed by atoms with E-state index in [4.69, 9.17) is 0 Å². The Morgan fingerprint density at radius 3 is 2.28 bits per heavy atom. The van der Waals surface area contributed by atoms with Gasteiger partial charge in [-0.1, -0.05) is 42.5 Å². The van der Waals surface area contributed by atoms with Gasteiger partial charge in [0.2, 0.25) is 5.91 Å². The third-order valence-corrected chi connectivity index (χ3v) is 3.64. The first kappa shape index (κ1) is 16.4. The summed E-state index contributed by atoms with van der Waals surface area (Å²) in [4.78, 5) is 24.0. The van der Waals surface area contributed by atoms with Crippen LogP contribution in [0.3, 0.4) is 0 Å². The van der Waals surface area contributed by atoms with Gasteiger partial charge in [0.15, 0.2) is 5.82 Å². The van der Waals surface area contributed by atoms with Gasteiger partial charge in [-0.3, -0.25) is 14.3 Å². The van der Waals surface area contributed by atoms with Crippen LogP contribution in [0.2, 0.25) is 0 Å². The Bertz CT molecular complexity index is 870. The summed E-state index contributed by atoms with van der Waals surface area (Å²) in [6.07, 6.45) is 1.72. The predicted molar refractivity (Wildman–Crippen MR) is 96.0 cm³/mol. The average Bonchev–Trinajstić information content (AvgIpc) is 3.05. The smallest absolute Gasteiger partial charge is 0.251 e. The number of hydrogen-bond acceptors (Lipinski definition) is 3. The maximum atomic E-state index is 12.1. The quantitative estimate of drug-likeness (QED) is 0.752. The lowest BCUT2D eigenvalue weighted by molar-refractivity contribution is -0.115. The number of amides is 2. The summed E-state index contributed by atoms with van der Waals surface area (Å²) >= 11 is 0. The Morgan fingerprint density at radius 1 is 0.960 bits per heavy atom. The Morgan fingerprint density at radius 2 is 1.64 bits per heavy atom. The van der Waals surface area contributed by atoms with E-state index in [1.165, 1.54) is 0 Å². The van der Waals surface area contributed by atoms with Crippen molar-refractivity contribution in [2.24, 2.45) is 7.05 Å². The molecule has 0 radical (unpaired) electrons. The normalized spacial score (nSPS) is 10.3. The van der Waals surface area contributed by atoms with E-state index in [-0.39, 0.29) is 18.4 Å². The lowest BCUT2D eigenvalue weighted by Gasteiger charge is -2.06. The van der Waals surface area contributed by atoms with Crippen LogP contribution in [0.1, 0.15) is 10.4 Å². The van der Waals surface area contributed by atoms with Crippen LogP contribution in [0.15, 0.2) is 66.9 Å². The molecule has 0 fully saturated rings. The molecule has 0 spiro atoms. The zero-order chi connectivity index (χ0) is 17.6. The van der Waals surface area contributed by atoms with Crippen LogP contribution in [0.5, 0.6) is 0 Å². The molecule has 0 aliphatic heterocycles. The van der Waals surface area contributed by atoms with Crippen molar-refractivity contribution in [3.63, 3.8) is 0 Å². The highest BCUT2D eigenvalue weighted by molar-refractivity contribution is 5.99. The van der Waals surface area contributed by atoms with E-state index in [0.717, 1.165) is 11.1 Å². The van der Waals surface area contributed by atoms with E-state index in [2.05, 4.69) is 15.7 Å². The first-order valence-corrected chi connectivity index (χ1v) is 7.85.